The molecule has 0 fully saturated rings. The zero-order valence-electron chi connectivity index (χ0n) is 9.85. The second kappa shape index (κ2) is 7.43. The smallest absolute Gasteiger partial charge is 0.325 e. The van der Waals surface area contributed by atoms with Crippen molar-refractivity contribution < 1.29 is 14.7 Å². The molecule has 0 aliphatic rings. The average Bonchev–Trinajstić information content (AvgIpc) is 2.31. The van der Waals surface area contributed by atoms with E-state index >= 15 is 0 Å². The number of aliphatic carboxylic acids is 1. The standard InChI is InChI=1S/C12H14BrNO3S/c1-8(12(16)17)14-11(15)6-7-18-10-5-3-2-4-9(10)13/h2-5,8H,6-7H2,1H3,(H,14,15)(H,16,17)/t8-/m0/s1. The van der Waals surface area contributed by atoms with E-state index in [9.17, 15) is 9.59 Å². The minimum absolute atomic E-state index is 0.246. The molecule has 1 aromatic carbocycles. The molecular formula is C12H14BrNO3S. The van der Waals surface area contributed by atoms with Crippen molar-refractivity contribution >= 4 is 39.6 Å². The summed E-state index contributed by atoms with van der Waals surface area (Å²) in [6.45, 7) is 1.45. The van der Waals surface area contributed by atoms with Gasteiger partial charge in [-0.1, -0.05) is 12.1 Å². The Bertz CT molecular complexity index is 439. The van der Waals surface area contributed by atoms with Crippen molar-refractivity contribution in [3.63, 3.8) is 0 Å². The highest BCUT2D eigenvalue weighted by Crippen LogP contribution is 2.27. The molecule has 0 aliphatic carbocycles. The lowest BCUT2D eigenvalue weighted by atomic mass is 10.3. The van der Waals surface area contributed by atoms with Crippen molar-refractivity contribution in [2.24, 2.45) is 0 Å². The average molecular weight is 332 g/mol. The summed E-state index contributed by atoms with van der Waals surface area (Å²) < 4.78 is 0.995. The number of carboxylic acid groups (broad SMARTS) is 1. The normalized spacial score (nSPS) is 11.9. The van der Waals surface area contributed by atoms with E-state index in [1.54, 1.807) is 11.8 Å². The maximum absolute atomic E-state index is 11.4. The van der Waals surface area contributed by atoms with Crippen LogP contribution in [0.2, 0.25) is 0 Å². The van der Waals surface area contributed by atoms with Crippen LogP contribution in [-0.2, 0) is 9.59 Å². The van der Waals surface area contributed by atoms with Crippen molar-refractivity contribution in [3.8, 4) is 0 Å². The van der Waals surface area contributed by atoms with E-state index in [1.807, 2.05) is 24.3 Å². The summed E-state index contributed by atoms with van der Waals surface area (Å²) in [4.78, 5) is 23.0. The van der Waals surface area contributed by atoms with Gasteiger partial charge in [0.05, 0.1) is 0 Å². The number of carbonyl (C=O) groups excluding carboxylic acids is 1. The van der Waals surface area contributed by atoms with Gasteiger partial charge in [-0.3, -0.25) is 9.59 Å². The number of rotatable bonds is 6. The third kappa shape index (κ3) is 5.10. The molecule has 1 amide bonds. The Morgan fingerprint density at radius 2 is 2.11 bits per heavy atom. The highest BCUT2D eigenvalue weighted by Gasteiger charge is 2.13. The molecule has 18 heavy (non-hydrogen) atoms. The van der Waals surface area contributed by atoms with Gasteiger partial charge in [-0.25, -0.2) is 0 Å². The molecule has 4 nitrogen and oxygen atoms in total. The molecule has 0 bridgehead atoms. The summed E-state index contributed by atoms with van der Waals surface area (Å²) in [7, 11) is 0. The minimum Gasteiger partial charge on any atom is -0.480 e. The molecule has 1 rings (SSSR count). The monoisotopic (exact) mass is 331 g/mol. The number of thioether (sulfide) groups is 1. The Morgan fingerprint density at radius 3 is 2.72 bits per heavy atom. The second-order valence-corrected chi connectivity index (χ2v) is 5.65. The van der Waals surface area contributed by atoms with Gasteiger partial charge in [0.25, 0.3) is 0 Å². The molecule has 0 aliphatic heterocycles. The molecule has 0 heterocycles. The maximum Gasteiger partial charge on any atom is 0.325 e. The Morgan fingerprint density at radius 1 is 1.44 bits per heavy atom. The quantitative estimate of drug-likeness (QED) is 0.786. The second-order valence-electron chi connectivity index (χ2n) is 3.66. The van der Waals surface area contributed by atoms with Crippen LogP contribution in [0, 0.1) is 0 Å². The molecule has 0 saturated heterocycles. The SMILES string of the molecule is C[C@H](NC(=O)CCSc1ccccc1Br)C(=O)O. The Labute approximate surface area is 118 Å². The summed E-state index contributed by atoms with van der Waals surface area (Å²) in [6.07, 6.45) is 0.295. The third-order valence-corrected chi connectivity index (χ3v) is 4.20. The molecule has 0 saturated carbocycles. The van der Waals surface area contributed by atoms with Crippen molar-refractivity contribution in [1.29, 1.82) is 0 Å². The summed E-state index contributed by atoms with van der Waals surface area (Å²) >= 11 is 4.98. The van der Waals surface area contributed by atoms with Gasteiger partial charge >= 0.3 is 5.97 Å². The fourth-order valence-corrected chi connectivity index (χ4v) is 2.71. The van der Waals surface area contributed by atoms with Crippen LogP contribution in [0.3, 0.4) is 0 Å². The van der Waals surface area contributed by atoms with E-state index < -0.39 is 12.0 Å². The molecule has 0 aromatic heterocycles. The zero-order chi connectivity index (χ0) is 13.5. The number of hydrogen-bond donors (Lipinski definition) is 2. The topological polar surface area (TPSA) is 66.4 Å². The number of halogens is 1. The van der Waals surface area contributed by atoms with Crippen LogP contribution in [0.25, 0.3) is 0 Å². The molecule has 1 aromatic rings. The first-order chi connectivity index (χ1) is 8.50. The first-order valence-electron chi connectivity index (χ1n) is 5.40. The summed E-state index contributed by atoms with van der Waals surface area (Å²) in [5, 5.41) is 11.1. The van der Waals surface area contributed by atoms with Gasteiger partial charge in [-0.2, -0.15) is 0 Å². The van der Waals surface area contributed by atoms with Gasteiger partial charge in [0.15, 0.2) is 0 Å². The van der Waals surface area contributed by atoms with Gasteiger partial charge in [0, 0.05) is 21.5 Å². The van der Waals surface area contributed by atoms with Gasteiger partial charge in [-0.15, -0.1) is 11.8 Å². The Kier molecular flexibility index (Phi) is 6.21. The van der Waals surface area contributed by atoms with Crippen molar-refractivity contribution in [2.45, 2.75) is 24.3 Å². The van der Waals surface area contributed by atoms with Gasteiger partial charge in [0.2, 0.25) is 5.91 Å². The predicted octanol–water partition coefficient (Wildman–Crippen LogP) is 2.52. The number of benzene rings is 1. The van der Waals surface area contributed by atoms with Crippen LogP contribution in [0.15, 0.2) is 33.6 Å². The van der Waals surface area contributed by atoms with Crippen molar-refractivity contribution in [3.05, 3.63) is 28.7 Å². The Hall–Kier alpha value is -1.01. The molecule has 1 atom stereocenters. The number of carboxylic acids is 1. The molecule has 98 valence electrons. The zero-order valence-corrected chi connectivity index (χ0v) is 12.3. The summed E-state index contributed by atoms with van der Waals surface area (Å²) in [5.41, 5.74) is 0. The third-order valence-electron chi connectivity index (χ3n) is 2.17. The Balaban J connectivity index is 2.32. The predicted molar refractivity (Wildman–Crippen MR) is 74.7 cm³/mol. The van der Waals surface area contributed by atoms with Crippen LogP contribution in [0.4, 0.5) is 0 Å². The van der Waals surface area contributed by atoms with Crippen LogP contribution in [-0.4, -0.2) is 28.8 Å². The summed E-state index contributed by atoms with van der Waals surface area (Å²) in [6, 6.07) is 6.92. The van der Waals surface area contributed by atoms with Gasteiger partial charge < -0.3 is 10.4 Å². The molecule has 6 heteroatoms. The van der Waals surface area contributed by atoms with E-state index in [0.29, 0.717) is 12.2 Å². The molecule has 0 spiro atoms. The van der Waals surface area contributed by atoms with E-state index in [0.717, 1.165) is 9.37 Å². The largest absolute Gasteiger partial charge is 0.480 e. The van der Waals surface area contributed by atoms with Gasteiger partial charge in [-0.05, 0) is 35.0 Å². The van der Waals surface area contributed by atoms with Crippen LogP contribution < -0.4 is 5.32 Å². The van der Waals surface area contributed by atoms with E-state index in [4.69, 9.17) is 5.11 Å². The lowest BCUT2D eigenvalue weighted by molar-refractivity contribution is -0.141. The minimum atomic E-state index is -1.03. The first kappa shape index (κ1) is 15.0. The number of nitrogens with one attached hydrogen (secondary N) is 1. The summed E-state index contributed by atoms with van der Waals surface area (Å²) in [5.74, 6) is -0.660. The van der Waals surface area contributed by atoms with Crippen LogP contribution >= 0.6 is 27.7 Å². The lowest BCUT2D eigenvalue weighted by Gasteiger charge is -2.09. The fourth-order valence-electron chi connectivity index (χ4n) is 1.19. The molecular weight excluding hydrogens is 318 g/mol. The van der Waals surface area contributed by atoms with Crippen molar-refractivity contribution in [1.82, 2.24) is 5.32 Å². The van der Waals surface area contributed by atoms with E-state index in [1.165, 1.54) is 6.92 Å². The van der Waals surface area contributed by atoms with Gasteiger partial charge in [0.1, 0.15) is 6.04 Å². The molecule has 2 N–H and O–H groups in total. The first-order valence-corrected chi connectivity index (χ1v) is 7.18. The van der Waals surface area contributed by atoms with Crippen LogP contribution in [0.1, 0.15) is 13.3 Å². The maximum atomic E-state index is 11.4. The lowest BCUT2D eigenvalue weighted by Crippen LogP contribution is -2.38. The fraction of sp³-hybridized carbons (Fsp3) is 0.333. The highest BCUT2D eigenvalue weighted by atomic mass is 79.9. The number of hydrogen-bond acceptors (Lipinski definition) is 3. The van der Waals surface area contributed by atoms with Crippen molar-refractivity contribution in [2.75, 3.05) is 5.75 Å². The highest BCUT2D eigenvalue weighted by molar-refractivity contribution is 9.10. The molecule has 0 unspecified atom stereocenters. The number of amides is 1. The van der Waals surface area contributed by atoms with E-state index in [-0.39, 0.29) is 5.91 Å². The van der Waals surface area contributed by atoms with E-state index in [2.05, 4.69) is 21.2 Å². The van der Waals surface area contributed by atoms with Crippen LogP contribution in [0.5, 0.6) is 0 Å². The number of carbonyl (C=O) groups is 2. The molecule has 0 radical (unpaired) electrons.